The maximum atomic E-state index is 8.51. The molecule has 0 bridgehead atoms. The summed E-state index contributed by atoms with van der Waals surface area (Å²) in [6.07, 6.45) is -2.50. The van der Waals surface area contributed by atoms with E-state index in [2.05, 4.69) is 91.6 Å². The SMILES string of the molecule is [2H]C([2H])([2H])CC([2H])([2H])Cc1cccc2c1nc1n(-c3cccc(-n4c5ccccc5n5c6cccc(C)c6nc45)c3)c3ccccc3n21. The fourth-order valence-corrected chi connectivity index (χ4v) is 6.67. The van der Waals surface area contributed by atoms with E-state index in [1.165, 1.54) is 0 Å². The number of aromatic nitrogens is 6. The van der Waals surface area contributed by atoms with Gasteiger partial charge in [0.1, 0.15) is 0 Å². The van der Waals surface area contributed by atoms with Gasteiger partial charge in [-0.05, 0) is 85.4 Å². The van der Waals surface area contributed by atoms with E-state index in [4.69, 9.17) is 16.8 Å². The maximum absolute atomic E-state index is 8.51. The van der Waals surface area contributed by atoms with Gasteiger partial charge < -0.3 is 0 Å². The molecule has 0 spiro atoms. The largest absolute Gasteiger partial charge is 0.278 e. The molecule has 5 aromatic carbocycles. The van der Waals surface area contributed by atoms with E-state index in [0.717, 1.165) is 61.3 Å². The highest BCUT2D eigenvalue weighted by Gasteiger charge is 2.21. The summed E-state index contributed by atoms with van der Waals surface area (Å²) in [5, 5.41) is 0. The van der Waals surface area contributed by atoms with Crippen molar-refractivity contribution in [3.8, 4) is 11.4 Å². The number of para-hydroxylation sites is 6. The van der Waals surface area contributed by atoms with Gasteiger partial charge in [0.2, 0.25) is 11.6 Å². The number of nitrogens with zero attached hydrogens (tertiary/aromatic N) is 6. The van der Waals surface area contributed by atoms with E-state index >= 15 is 0 Å². The Morgan fingerprint density at radius 1 is 0.605 bits per heavy atom. The molecule has 6 nitrogen and oxygen atoms in total. The third-order valence-corrected chi connectivity index (χ3v) is 8.53. The van der Waals surface area contributed by atoms with Crippen LogP contribution in [0.15, 0.2) is 109 Å². The lowest BCUT2D eigenvalue weighted by Crippen LogP contribution is -1.99. The molecule has 9 rings (SSSR count). The van der Waals surface area contributed by atoms with Crippen LogP contribution in [-0.4, -0.2) is 27.9 Å². The van der Waals surface area contributed by atoms with Crippen LogP contribution in [0.5, 0.6) is 0 Å². The molecule has 0 amide bonds. The molecule has 0 aliphatic rings. The Balaban J connectivity index is 1.27. The van der Waals surface area contributed by atoms with E-state index < -0.39 is 19.6 Å². The normalized spacial score (nSPS) is 14.6. The van der Waals surface area contributed by atoms with E-state index in [0.29, 0.717) is 16.9 Å². The molecule has 6 heteroatoms. The average Bonchev–Trinajstić information content (AvgIpc) is 3.77. The van der Waals surface area contributed by atoms with Gasteiger partial charge in [0.15, 0.2) is 0 Å². The second kappa shape index (κ2) is 9.07. The fourth-order valence-electron chi connectivity index (χ4n) is 6.67. The van der Waals surface area contributed by atoms with Crippen molar-refractivity contribution in [3.63, 3.8) is 0 Å². The molecular weight excluding hydrogens is 528 g/mol. The molecule has 0 radical (unpaired) electrons. The number of hydrogen-bond acceptors (Lipinski definition) is 2. The molecule has 0 unspecified atom stereocenters. The highest BCUT2D eigenvalue weighted by molar-refractivity contribution is 5.95. The van der Waals surface area contributed by atoms with Gasteiger partial charge in [0, 0.05) is 6.85 Å². The lowest BCUT2D eigenvalue weighted by Gasteiger charge is -2.10. The Labute approximate surface area is 255 Å². The molecular formula is C37H30N6. The Morgan fingerprint density at radius 3 is 1.79 bits per heavy atom. The summed E-state index contributed by atoms with van der Waals surface area (Å²) in [5.41, 5.74) is 11.3. The molecule has 0 fully saturated rings. The zero-order valence-electron chi connectivity index (χ0n) is 28.5. The van der Waals surface area contributed by atoms with Crippen LogP contribution in [0.3, 0.4) is 0 Å². The average molecular weight is 564 g/mol. The molecule has 43 heavy (non-hydrogen) atoms. The number of aryl methyl sites for hydroxylation is 2. The van der Waals surface area contributed by atoms with Gasteiger partial charge in [0.25, 0.3) is 0 Å². The van der Waals surface area contributed by atoms with E-state index in [1.54, 1.807) is 0 Å². The number of fused-ring (bicyclic) bond motifs is 10. The van der Waals surface area contributed by atoms with Crippen molar-refractivity contribution in [1.29, 1.82) is 0 Å². The lowest BCUT2D eigenvalue weighted by molar-refractivity contribution is 0.798. The third-order valence-electron chi connectivity index (χ3n) is 8.53. The minimum absolute atomic E-state index is 0.0504. The van der Waals surface area contributed by atoms with Crippen LogP contribution in [0, 0.1) is 6.92 Å². The molecule has 4 aromatic heterocycles. The smallest absolute Gasteiger partial charge is 0.220 e. The van der Waals surface area contributed by atoms with Gasteiger partial charge in [-0.1, -0.05) is 67.9 Å². The molecule has 0 saturated heterocycles. The standard InChI is InChI=1S/C37H30N6/c1-3-4-13-25-14-10-22-33-35(25)39-37-41(29-18-6-8-20-31(29)43(33)37)27-16-11-15-26(23-27)40-28-17-5-7-19-30(28)42-32-21-9-12-24(2)34(32)38-36(40)42/h5-12,14-23H,3-4,13H2,1-2H3/i1D3,4D2. The lowest BCUT2D eigenvalue weighted by atomic mass is 10.1. The molecule has 0 aliphatic carbocycles. The van der Waals surface area contributed by atoms with Gasteiger partial charge >= 0.3 is 0 Å². The molecule has 208 valence electrons. The second-order valence-corrected chi connectivity index (χ2v) is 11.0. The van der Waals surface area contributed by atoms with Crippen molar-refractivity contribution in [1.82, 2.24) is 27.9 Å². The zero-order chi connectivity index (χ0) is 32.9. The van der Waals surface area contributed by atoms with Crippen molar-refractivity contribution in [3.05, 3.63) is 120 Å². The van der Waals surface area contributed by atoms with Crippen LogP contribution in [0.2, 0.25) is 0 Å². The number of benzene rings is 5. The van der Waals surface area contributed by atoms with Gasteiger partial charge in [0.05, 0.1) is 55.5 Å². The van der Waals surface area contributed by atoms with Crippen LogP contribution in [0.1, 0.15) is 37.6 Å². The van der Waals surface area contributed by atoms with Crippen molar-refractivity contribution in [2.24, 2.45) is 0 Å². The van der Waals surface area contributed by atoms with Crippen LogP contribution in [-0.2, 0) is 6.42 Å². The Hall–Kier alpha value is -5.36. The fraction of sp³-hybridized carbons (Fsp3) is 0.135. The van der Waals surface area contributed by atoms with E-state index in [1.807, 2.05) is 42.5 Å². The monoisotopic (exact) mass is 563 g/mol. The first-order chi connectivity index (χ1) is 23.1. The highest BCUT2D eigenvalue weighted by Crippen LogP contribution is 2.34. The molecule has 0 atom stereocenters. The van der Waals surface area contributed by atoms with Crippen molar-refractivity contribution < 1.29 is 6.85 Å². The number of rotatable bonds is 5. The van der Waals surface area contributed by atoms with E-state index in [9.17, 15) is 0 Å². The molecule has 0 N–H and O–H groups in total. The quantitative estimate of drug-likeness (QED) is 0.210. The minimum atomic E-state index is -2.37. The summed E-state index contributed by atoms with van der Waals surface area (Å²) in [7, 11) is 0. The second-order valence-electron chi connectivity index (χ2n) is 11.0. The summed E-state index contributed by atoms with van der Waals surface area (Å²) in [4.78, 5) is 10.3. The molecule has 9 aromatic rings. The maximum Gasteiger partial charge on any atom is 0.220 e. The summed E-state index contributed by atoms with van der Waals surface area (Å²) in [6, 6.07) is 36.9. The van der Waals surface area contributed by atoms with Gasteiger partial charge in [-0.15, -0.1) is 0 Å². The van der Waals surface area contributed by atoms with Crippen molar-refractivity contribution in [2.75, 3.05) is 0 Å². The van der Waals surface area contributed by atoms with Crippen molar-refractivity contribution in [2.45, 2.75) is 33.0 Å². The van der Waals surface area contributed by atoms with Crippen molar-refractivity contribution >= 4 is 55.7 Å². The first-order valence-electron chi connectivity index (χ1n) is 17.0. The summed E-state index contributed by atoms with van der Waals surface area (Å²) < 4.78 is 48.6. The third kappa shape index (κ3) is 3.35. The number of hydrogen-bond donors (Lipinski definition) is 0. The van der Waals surface area contributed by atoms with Gasteiger partial charge in [-0.3, -0.25) is 17.9 Å². The highest BCUT2D eigenvalue weighted by atomic mass is 15.2. The molecule has 0 saturated carbocycles. The summed E-state index contributed by atoms with van der Waals surface area (Å²) >= 11 is 0. The Bertz CT molecular complexity index is 2720. The Kier molecular flexibility index (Phi) is 4.16. The van der Waals surface area contributed by atoms with Crippen LogP contribution in [0.25, 0.3) is 67.1 Å². The van der Waals surface area contributed by atoms with Crippen LogP contribution < -0.4 is 0 Å². The minimum Gasteiger partial charge on any atom is -0.278 e. The summed E-state index contributed by atoms with van der Waals surface area (Å²) in [6.45, 7) is -0.279. The first-order valence-corrected chi connectivity index (χ1v) is 14.5. The molecule has 0 aliphatic heterocycles. The summed E-state index contributed by atoms with van der Waals surface area (Å²) in [5.74, 6) is 1.53. The predicted molar refractivity (Wildman–Crippen MR) is 176 cm³/mol. The van der Waals surface area contributed by atoms with Crippen LogP contribution in [0.4, 0.5) is 0 Å². The van der Waals surface area contributed by atoms with Gasteiger partial charge in [-0.25, -0.2) is 9.97 Å². The van der Waals surface area contributed by atoms with Gasteiger partial charge in [-0.2, -0.15) is 0 Å². The molecule has 4 heterocycles. The van der Waals surface area contributed by atoms with E-state index in [-0.39, 0.29) is 6.42 Å². The zero-order valence-corrected chi connectivity index (χ0v) is 23.5. The number of imidazole rings is 4. The Morgan fingerprint density at radius 2 is 1.14 bits per heavy atom. The predicted octanol–water partition coefficient (Wildman–Crippen LogP) is 8.83. The van der Waals surface area contributed by atoms with Crippen LogP contribution >= 0.6 is 0 Å². The first kappa shape index (κ1) is 19.7. The topological polar surface area (TPSA) is 44.5 Å².